The number of phosphoric ester groups is 1. The van der Waals surface area contributed by atoms with Crippen molar-refractivity contribution >= 4 is 13.8 Å². The number of carbonyl (C=O) groups is 1. The summed E-state index contributed by atoms with van der Waals surface area (Å²) in [7, 11) is -4.29. The molecule has 0 aromatic carbocycles. The molecular formula is C49H90NO7P. The van der Waals surface area contributed by atoms with E-state index in [0.717, 1.165) is 83.5 Å². The maximum atomic E-state index is 12.6. The van der Waals surface area contributed by atoms with Crippen LogP contribution in [0.25, 0.3) is 0 Å². The summed E-state index contributed by atoms with van der Waals surface area (Å²) in [6.07, 6.45) is 56.7. The Labute approximate surface area is 357 Å². The summed E-state index contributed by atoms with van der Waals surface area (Å²) in [5.74, 6) is -0.347. The van der Waals surface area contributed by atoms with Gasteiger partial charge in [-0.1, -0.05) is 203 Å². The van der Waals surface area contributed by atoms with Crippen LogP contribution in [-0.2, 0) is 27.9 Å². The SMILES string of the molecule is CC/C=C\C/C=C\C/C=C\C/C=C\C/C=C\CCCCCCCC(=O)OC(COCCCCCCCCCCCCCCCCCCCC)COP(=O)(O)OCCN. The molecule has 0 amide bonds. The highest BCUT2D eigenvalue weighted by molar-refractivity contribution is 7.47. The highest BCUT2D eigenvalue weighted by Crippen LogP contribution is 2.43. The minimum atomic E-state index is -4.29. The van der Waals surface area contributed by atoms with Gasteiger partial charge in [-0.15, -0.1) is 0 Å². The Morgan fingerprint density at radius 1 is 0.534 bits per heavy atom. The first-order valence-corrected chi connectivity index (χ1v) is 25.3. The number of allylic oxidation sites excluding steroid dienone is 10. The molecule has 0 aromatic rings. The van der Waals surface area contributed by atoms with Gasteiger partial charge in [-0.2, -0.15) is 0 Å². The minimum absolute atomic E-state index is 0.0955. The molecule has 0 spiro atoms. The van der Waals surface area contributed by atoms with E-state index in [9.17, 15) is 14.3 Å². The van der Waals surface area contributed by atoms with Crippen LogP contribution in [0.4, 0.5) is 0 Å². The number of esters is 1. The van der Waals surface area contributed by atoms with Crippen molar-refractivity contribution in [3.63, 3.8) is 0 Å². The molecule has 0 aromatic heterocycles. The molecule has 0 saturated carbocycles. The van der Waals surface area contributed by atoms with Gasteiger partial charge >= 0.3 is 13.8 Å². The molecule has 58 heavy (non-hydrogen) atoms. The number of phosphoric acid groups is 1. The van der Waals surface area contributed by atoms with Crippen LogP contribution in [0.2, 0.25) is 0 Å². The second kappa shape index (κ2) is 46.3. The first-order chi connectivity index (χ1) is 28.4. The molecular weight excluding hydrogens is 746 g/mol. The molecule has 9 heteroatoms. The van der Waals surface area contributed by atoms with Crippen LogP contribution < -0.4 is 5.73 Å². The molecule has 0 heterocycles. The number of rotatable bonds is 45. The molecule has 0 aliphatic heterocycles. The summed E-state index contributed by atoms with van der Waals surface area (Å²) in [5.41, 5.74) is 5.38. The van der Waals surface area contributed by atoms with Crippen molar-refractivity contribution in [1.82, 2.24) is 0 Å². The Morgan fingerprint density at radius 3 is 1.45 bits per heavy atom. The molecule has 0 aliphatic carbocycles. The molecule has 0 rings (SSSR count). The van der Waals surface area contributed by atoms with Crippen molar-refractivity contribution in [2.75, 3.05) is 33.0 Å². The normalized spacial score (nSPS) is 13.9. The van der Waals surface area contributed by atoms with Gasteiger partial charge in [0.25, 0.3) is 0 Å². The molecule has 0 bridgehead atoms. The molecule has 3 N–H and O–H groups in total. The first-order valence-electron chi connectivity index (χ1n) is 23.8. The van der Waals surface area contributed by atoms with Crippen LogP contribution >= 0.6 is 7.82 Å². The fraction of sp³-hybridized carbons (Fsp3) is 0.776. The Kier molecular flexibility index (Phi) is 44.8. The van der Waals surface area contributed by atoms with Gasteiger partial charge in [-0.05, 0) is 57.8 Å². The monoisotopic (exact) mass is 836 g/mol. The molecule has 0 radical (unpaired) electrons. The van der Waals surface area contributed by atoms with Gasteiger partial charge in [0.1, 0.15) is 6.10 Å². The minimum Gasteiger partial charge on any atom is -0.457 e. The number of hydrogen-bond acceptors (Lipinski definition) is 7. The molecule has 0 saturated heterocycles. The average molecular weight is 836 g/mol. The lowest BCUT2D eigenvalue weighted by molar-refractivity contribution is -0.154. The standard InChI is InChI=1S/C49H90NO7P/c1-3-5-7-9-11-13-15-17-19-21-23-24-25-26-28-30-32-34-36-38-40-42-49(51)57-48(47-56-58(52,53)55-45-43-50)46-54-44-41-39-37-35-33-31-29-27-22-20-18-16-14-12-10-8-6-4-2/h5,7,11,13,17,19,23-24,26,28,48H,3-4,6,8-10,12,14-16,18,20-22,25,27,29-47,50H2,1-2H3,(H,52,53)/b7-5-,13-11-,19-17-,24-23-,28-26-. The number of hydrogen-bond donors (Lipinski definition) is 2. The third kappa shape index (κ3) is 45.3. The zero-order chi connectivity index (χ0) is 42.3. The lowest BCUT2D eigenvalue weighted by atomic mass is 10.0. The van der Waals surface area contributed by atoms with Crippen molar-refractivity contribution in [3.05, 3.63) is 60.8 Å². The van der Waals surface area contributed by atoms with Crippen molar-refractivity contribution in [3.8, 4) is 0 Å². The molecule has 0 aliphatic rings. The Hall–Kier alpha value is -1.80. The number of carbonyl (C=O) groups excluding carboxylic acids is 1. The highest BCUT2D eigenvalue weighted by atomic mass is 31.2. The van der Waals surface area contributed by atoms with Crippen molar-refractivity contribution in [1.29, 1.82) is 0 Å². The van der Waals surface area contributed by atoms with Gasteiger partial charge in [0.2, 0.25) is 0 Å². The Morgan fingerprint density at radius 2 is 0.966 bits per heavy atom. The van der Waals surface area contributed by atoms with Crippen molar-refractivity contribution in [2.45, 2.75) is 213 Å². The van der Waals surface area contributed by atoms with Gasteiger partial charge in [-0.3, -0.25) is 13.8 Å². The number of ether oxygens (including phenoxy) is 2. The van der Waals surface area contributed by atoms with E-state index in [0.29, 0.717) is 13.0 Å². The second-order valence-corrected chi connectivity index (χ2v) is 17.1. The lowest BCUT2D eigenvalue weighted by Gasteiger charge is -2.20. The van der Waals surface area contributed by atoms with Gasteiger partial charge in [0.15, 0.2) is 0 Å². The summed E-state index contributed by atoms with van der Waals surface area (Å²) in [6, 6.07) is 0. The fourth-order valence-corrected chi connectivity index (χ4v) is 7.26. The molecule has 338 valence electrons. The van der Waals surface area contributed by atoms with E-state index in [-0.39, 0.29) is 32.3 Å². The molecule has 8 nitrogen and oxygen atoms in total. The predicted molar refractivity (Wildman–Crippen MR) is 247 cm³/mol. The maximum Gasteiger partial charge on any atom is 0.472 e. The van der Waals surface area contributed by atoms with E-state index >= 15 is 0 Å². The van der Waals surface area contributed by atoms with Crippen LogP contribution in [0.3, 0.4) is 0 Å². The van der Waals surface area contributed by atoms with E-state index in [4.69, 9.17) is 24.3 Å². The molecule has 2 atom stereocenters. The van der Waals surface area contributed by atoms with Crippen molar-refractivity contribution < 1.29 is 32.8 Å². The van der Waals surface area contributed by atoms with Crippen LogP contribution in [0, 0.1) is 0 Å². The third-order valence-electron chi connectivity index (χ3n) is 9.95. The van der Waals surface area contributed by atoms with E-state index in [1.807, 2.05) is 0 Å². The van der Waals surface area contributed by atoms with Gasteiger partial charge < -0.3 is 20.1 Å². The van der Waals surface area contributed by atoms with Crippen LogP contribution in [0.15, 0.2) is 60.8 Å². The fourth-order valence-electron chi connectivity index (χ4n) is 6.49. The van der Waals surface area contributed by atoms with Crippen molar-refractivity contribution in [2.24, 2.45) is 5.73 Å². The predicted octanol–water partition coefficient (Wildman–Crippen LogP) is 14.5. The first kappa shape index (κ1) is 56.2. The number of nitrogens with two attached hydrogens (primary N) is 1. The maximum absolute atomic E-state index is 12.6. The van der Waals surface area contributed by atoms with E-state index in [1.54, 1.807) is 0 Å². The van der Waals surface area contributed by atoms with E-state index < -0.39 is 13.9 Å². The van der Waals surface area contributed by atoms with Gasteiger partial charge in [0, 0.05) is 19.6 Å². The zero-order valence-electron chi connectivity index (χ0n) is 37.5. The summed E-state index contributed by atoms with van der Waals surface area (Å²) >= 11 is 0. The summed E-state index contributed by atoms with van der Waals surface area (Å²) in [5, 5.41) is 0. The van der Waals surface area contributed by atoms with Gasteiger partial charge in [-0.25, -0.2) is 4.57 Å². The smallest absolute Gasteiger partial charge is 0.457 e. The second-order valence-electron chi connectivity index (χ2n) is 15.6. The van der Waals surface area contributed by atoms with Gasteiger partial charge in [0.05, 0.1) is 19.8 Å². The summed E-state index contributed by atoms with van der Waals surface area (Å²) < 4.78 is 33.5. The van der Waals surface area contributed by atoms with Crippen LogP contribution in [0.1, 0.15) is 206 Å². The lowest BCUT2D eigenvalue weighted by Crippen LogP contribution is -2.28. The van der Waals surface area contributed by atoms with Crippen LogP contribution in [-0.4, -0.2) is 49.9 Å². The Bertz CT molecular complexity index is 1070. The van der Waals surface area contributed by atoms with E-state index in [1.165, 1.54) is 103 Å². The average Bonchev–Trinajstić information content (AvgIpc) is 3.21. The quantitative estimate of drug-likeness (QED) is 0.0269. The number of unbranched alkanes of at least 4 members (excludes halogenated alkanes) is 22. The largest absolute Gasteiger partial charge is 0.472 e. The van der Waals surface area contributed by atoms with E-state index in [2.05, 4.69) is 74.6 Å². The summed E-state index contributed by atoms with van der Waals surface area (Å²) in [4.78, 5) is 22.5. The third-order valence-corrected chi connectivity index (χ3v) is 10.9. The topological polar surface area (TPSA) is 117 Å². The summed E-state index contributed by atoms with van der Waals surface area (Å²) in [6.45, 7) is 4.80. The van der Waals surface area contributed by atoms with Crippen LogP contribution in [0.5, 0.6) is 0 Å². The molecule has 0 fully saturated rings. The zero-order valence-corrected chi connectivity index (χ0v) is 38.4. The Balaban J connectivity index is 4.03. The molecule has 2 unspecified atom stereocenters. The highest BCUT2D eigenvalue weighted by Gasteiger charge is 2.25.